The Kier molecular flexibility index (Phi) is 5.05. The number of allylic oxidation sites excluding steroid dienone is 3. The summed E-state index contributed by atoms with van der Waals surface area (Å²) in [5.41, 5.74) is 2.13. The van der Waals surface area contributed by atoms with Crippen molar-refractivity contribution in [3.8, 4) is 0 Å². The Morgan fingerprint density at radius 1 is 1.36 bits per heavy atom. The molecule has 4 atom stereocenters. The minimum atomic E-state index is -1.31. The van der Waals surface area contributed by atoms with Gasteiger partial charge in [0.15, 0.2) is 0 Å². The lowest BCUT2D eigenvalue weighted by atomic mass is 9.66. The Labute approximate surface area is 149 Å². The van der Waals surface area contributed by atoms with Crippen molar-refractivity contribution < 1.29 is 20.1 Å². The third-order valence-electron chi connectivity index (χ3n) is 5.69. The van der Waals surface area contributed by atoms with Crippen LogP contribution in [-0.2, 0) is 4.74 Å². The average molecular weight is 344 g/mol. The minimum absolute atomic E-state index is 0.0391. The Balaban J connectivity index is 2.00. The summed E-state index contributed by atoms with van der Waals surface area (Å²) in [5.74, 6) is -0.333. The second-order valence-corrected chi connectivity index (χ2v) is 7.47. The Bertz CT molecular complexity index is 682. The van der Waals surface area contributed by atoms with Gasteiger partial charge in [0.05, 0.1) is 25.2 Å². The van der Waals surface area contributed by atoms with E-state index in [9.17, 15) is 15.3 Å². The molecule has 3 unspecified atom stereocenters. The number of rotatable bonds is 3. The first-order valence-corrected chi connectivity index (χ1v) is 8.98. The van der Waals surface area contributed by atoms with Crippen LogP contribution >= 0.6 is 0 Å². The van der Waals surface area contributed by atoms with Crippen molar-refractivity contribution in [2.24, 2.45) is 11.8 Å². The van der Waals surface area contributed by atoms with Crippen LogP contribution in [0.1, 0.15) is 33.1 Å². The van der Waals surface area contributed by atoms with Crippen LogP contribution in [0.2, 0.25) is 0 Å². The van der Waals surface area contributed by atoms with Gasteiger partial charge in [-0.1, -0.05) is 18.7 Å². The molecule has 0 saturated carbocycles. The number of hydrogen-bond donors (Lipinski definition) is 3. The maximum absolute atomic E-state index is 11.5. The van der Waals surface area contributed by atoms with Crippen LogP contribution in [0.25, 0.3) is 0 Å². The molecule has 0 fully saturated rings. The molecule has 0 saturated heterocycles. The zero-order chi connectivity index (χ0) is 18.2. The van der Waals surface area contributed by atoms with Gasteiger partial charge in [-0.25, -0.2) is 0 Å². The van der Waals surface area contributed by atoms with E-state index in [-0.39, 0.29) is 11.7 Å². The normalized spacial score (nSPS) is 36.1. The van der Waals surface area contributed by atoms with Crippen LogP contribution in [-0.4, -0.2) is 40.2 Å². The van der Waals surface area contributed by atoms with Crippen molar-refractivity contribution in [1.29, 1.82) is 0 Å². The highest BCUT2D eigenvalue weighted by Crippen LogP contribution is 2.45. The molecule has 4 nitrogen and oxygen atoms in total. The molecule has 0 spiro atoms. The van der Waals surface area contributed by atoms with E-state index < -0.39 is 17.6 Å². The number of ether oxygens (including phenoxy) is 1. The maximum Gasteiger partial charge on any atom is 0.114 e. The molecule has 1 heterocycles. The van der Waals surface area contributed by atoms with Gasteiger partial charge < -0.3 is 20.1 Å². The van der Waals surface area contributed by atoms with Gasteiger partial charge in [-0.2, -0.15) is 0 Å². The first-order chi connectivity index (χ1) is 11.8. The molecule has 4 heteroatoms. The molecule has 3 N–H and O–H groups in total. The largest absolute Gasteiger partial charge is 0.512 e. The summed E-state index contributed by atoms with van der Waals surface area (Å²) in [6, 6.07) is 0. The molecule has 3 rings (SSSR count). The fourth-order valence-electron chi connectivity index (χ4n) is 4.13. The summed E-state index contributed by atoms with van der Waals surface area (Å²) in [4.78, 5) is 0. The fourth-order valence-corrected chi connectivity index (χ4v) is 4.13. The predicted molar refractivity (Wildman–Crippen MR) is 98.1 cm³/mol. The highest BCUT2D eigenvalue weighted by molar-refractivity contribution is 5.50. The highest BCUT2D eigenvalue weighted by atomic mass is 16.5. The van der Waals surface area contributed by atoms with Crippen LogP contribution in [0.5, 0.6) is 0 Å². The summed E-state index contributed by atoms with van der Waals surface area (Å²) in [7, 11) is 0. The summed E-state index contributed by atoms with van der Waals surface area (Å²) < 4.78 is 5.36. The topological polar surface area (TPSA) is 69.9 Å². The van der Waals surface area contributed by atoms with Gasteiger partial charge >= 0.3 is 0 Å². The van der Waals surface area contributed by atoms with Crippen molar-refractivity contribution in [2.45, 2.75) is 44.8 Å². The third kappa shape index (κ3) is 3.39. The van der Waals surface area contributed by atoms with Crippen LogP contribution in [0.15, 0.2) is 58.9 Å². The smallest absolute Gasteiger partial charge is 0.114 e. The molecule has 0 aromatic rings. The number of hydrogen-bond acceptors (Lipinski definition) is 4. The molecule has 3 aliphatic rings. The molecule has 1 aliphatic heterocycles. The summed E-state index contributed by atoms with van der Waals surface area (Å²) in [6.45, 7) is 8.89. The Morgan fingerprint density at radius 3 is 2.72 bits per heavy atom. The maximum atomic E-state index is 11.5. The molecule has 0 amide bonds. The molecule has 0 radical (unpaired) electrons. The van der Waals surface area contributed by atoms with E-state index in [0.29, 0.717) is 25.2 Å². The van der Waals surface area contributed by atoms with Gasteiger partial charge in [-0.3, -0.25) is 0 Å². The van der Waals surface area contributed by atoms with Crippen molar-refractivity contribution >= 4 is 0 Å². The average Bonchev–Trinajstić information content (AvgIpc) is 2.58. The standard InChI is InChI=1S/C21H28O4/c1-13(2)21(24)12-17(15-6-8-25-9-7-15)11-19(23)20(21)16-4-5-18(22)14(3)10-16/h6,10-12,16,18,20,22-24H,1,4-5,7-9H2,2-3H3/t16?,18?,20-,21?/m0/s1. The summed E-state index contributed by atoms with van der Waals surface area (Å²) in [5, 5.41) is 32.2. The second kappa shape index (κ2) is 6.94. The fraction of sp³-hybridized carbons (Fsp3) is 0.524. The van der Waals surface area contributed by atoms with Gasteiger partial charge in [0.25, 0.3) is 0 Å². The number of aliphatic hydroxyl groups is 3. The zero-order valence-electron chi connectivity index (χ0n) is 15.0. The summed E-state index contributed by atoms with van der Waals surface area (Å²) >= 11 is 0. The quantitative estimate of drug-likeness (QED) is 0.687. The lowest BCUT2D eigenvalue weighted by Gasteiger charge is -2.42. The summed E-state index contributed by atoms with van der Waals surface area (Å²) in [6.07, 6.45) is 9.29. The lowest BCUT2D eigenvalue weighted by molar-refractivity contribution is 0.0286. The van der Waals surface area contributed by atoms with Crippen LogP contribution < -0.4 is 0 Å². The van der Waals surface area contributed by atoms with Crippen LogP contribution in [0.4, 0.5) is 0 Å². The Hall–Kier alpha value is -1.62. The highest BCUT2D eigenvalue weighted by Gasteiger charge is 2.46. The van der Waals surface area contributed by atoms with Gasteiger partial charge in [-0.05, 0) is 73.5 Å². The van der Waals surface area contributed by atoms with E-state index in [1.807, 2.05) is 25.2 Å². The first kappa shape index (κ1) is 18.2. The molecule has 0 bridgehead atoms. The third-order valence-corrected chi connectivity index (χ3v) is 5.69. The van der Waals surface area contributed by atoms with Crippen molar-refractivity contribution in [1.82, 2.24) is 0 Å². The molecule has 0 aromatic carbocycles. The number of aliphatic hydroxyl groups excluding tert-OH is 2. The van der Waals surface area contributed by atoms with E-state index in [4.69, 9.17) is 4.74 Å². The van der Waals surface area contributed by atoms with Crippen molar-refractivity contribution in [3.05, 3.63) is 58.9 Å². The zero-order valence-corrected chi connectivity index (χ0v) is 15.0. The van der Waals surface area contributed by atoms with Crippen molar-refractivity contribution in [3.63, 3.8) is 0 Å². The van der Waals surface area contributed by atoms with E-state index >= 15 is 0 Å². The second-order valence-electron chi connectivity index (χ2n) is 7.47. The van der Waals surface area contributed by atoms with E-state index in [1.165, 1.54) is 0 Å². The minimum Gasteiger partial charge on any atom is -0.512 e. The van der Waals surface area contributed by atoms with E-state index in [2.05, 4.69) is 6.58 Å². The SMILES string of the molecule is C=C(C)C1(O)C=C(C2=CCOCC2)C=C(O)[C@@H]1C1C=C(C)C(O)CC1. The van der Waals surface area contributed by atoms with Gasteiger partial charge in [0.1, 0.15) is 11.4 Å². The molecule has 25 heavy (non-hydrogen) atoms. The first-order valence-electron chi connectivity index (χ1n) is 8.98. The molecule has 2 aliphatic carbocycles. The van der Waals surface area contributed by atoms with Gasteiger partial charge in [0, 0.05) is 0 Å². The monoisotopic (exact) mass is 344 g/mol. The van der Waals surface area contributed by atoms with Crippen molar-refractivity contribution in [2.75, 3.05) is 13.2 Å². The predicted octanol–water partition coefficient (Wildman–Crippen LogP) is 3.36. The molecule has 136 valence electrons. The Morgan fingerprint density at radius 2 is 2.12 bits per heavy atom. The van der Waals surface area contributed by atoms with Gasteiger partial charge in [-0.15, -0.1) is 0 Å². The molecular weight excluding hydrogens is 316 g/mol. The molecule has 0 aromatic heterocycles. The molecular formula is C21H28O4. The van der Waals surface area contributed by atoms with Crippen LogP contribution in [0.3, 0.4) is 0 Å². The lowest BCUT2D eigenvalue weighted by Crippen LogP contribution is -2.45. The van der Waals surface area contributed by atoms with Gasteiger partial charge in [0.2, 0.25) is 0 Å². The van der Waals surface area contributed by atoms with E-state index in [1.54, 1.807) is 13.0 Å². The van der Waals surface area contributed by atoms with E-state index in [0.717, 1.165) is 29.6 Å². The van der Waals surface area contributed by atoms with Crippen LogP contribution in [0, 0.1) is 11.8 Å².